The minimum Gasteiger partial charge on any atom is -0.352 e. The van der Waals surface area contributed by atoms with E-state index in [1.165, 1.54) is 16.7 Å². The molecule has 0 radical (unpaired) electrons. The first-order valence-electron chi connectivity index (χ1n) is 5.57. The van der Waals surface area contributed by atoms with Crippen molar-refractivity contribution in [2.24, 2.45) is 0 Å². The standard InChI is InChI=1S/C11H19N3O3/c1-8(15)13(4)7-9(16)14-6-5-12-10(17)11(14,2)3/h5-7H2,1-4H3,(H,12,17). The Hall–Kier alpha value is -1.59. The zero-order valence-electron chi connectivity index (χ0n) is 10.7. The summed E-state index contributed by atoms with van der Waals surface area (Å²) in [5.41, 5.74) is -0.854. The van der Waals surface area contributed by atoms with Gasteiger partial charge in [0.2, 0.25) is 17.7 Å². The number of amides is 3. The number of nitrogens with one attached hydrogen (secondary N) is 1. The van der Waals surface area contributed by atoms with Crippen molar-refractivity contribution in [2.45, 2.75) is 26.3 Å². The Labute approximate surface area is 101 Å². The largest absolute Gasteiger partial charge is 0.352 e. The maximum atomic E-state index is 12.0. The highest BCUT2D eigenvalue weighted by atomic mass is 16.2. The maximum Gasteiger partial charge on any atom is 0.245 e. The minimum atomic E-state index is -0.854. The van der Waals surface area contributed by atoms with Crippen LogP contribution in [0.25, 0.3) is 0 Å². The highest BCUT2D eigenvalue weighted by Gasteiger charge is 2.40. The fourth-order valence-corrected chi connectivity index (χ4v) is 1.74. The molecule has 0 aromatic rings. The molecule has 3 amide bonds. The monoisotopic (exact) mass is 241 g/mol. The van der Waals surface area contributed by atoms with Gasteiger partial charge in [-0.25, -0.2) is 0 Å². The third kappa shape index (κ3) is 2.75. The predicted molar refractivity (Wildman–Crippen MR) is 62.1 cm³/mol. The molecule has 0 spiro atoms. The van der Waals surface area contributed by atoms with Crippen LogP contribution in [0.1, 0.15) is 20.8 Å². The lowest BCUT2D eigenvalue weighted by Gasteiger charge is -2.41. The van der Waals surface area contributed by atoms with E-state index < -0.39 is 5.54 Å². The number of carbonyl (C=O) groups is 3. The zero-order chi connectivity index (χ0) is 13.2. The molecule has 0 saturated carbocycles. The number of likely N-dealkylation sites (N-methyl/N-ethyl adjacent to an activating group) is 1. The third-order valence-electron chi connectivity index (χ3n) is 3.06. The molecule has 0 unspecified atom stereocenters. The number of rotatable bonds is 2. The lowest BCUT2D eigenvalue weighted by atomic mass is 9.99. The van der Waals surface area contributed by atoms with Gasteiger partial charge in [0.1, 0.15) is 5.54 Å². The third-order valence-corrected chi connectivity index (χ3v) is 3.06. The van der Waals surface area contributed by atoms with Crippen molar-refractivity contribution in [3.63, 3.8) is 0 Å². The van der Waals surface area contributed by atoms with Crippen LogP contribution < -0.4 is 5.32 Å². The van der Waals surface area contributed by atoms with Gasteiger partial charge in [0.25, 0.3) is 0 Å². The van der Waals surface area contributed by atoms with Crippen molar-refractivity contribution >= 4 is 17.7 Å². The summed E-state index contributed by atoms with van der Waals surface area (Å²) in [5, 5.41) is 2.72. The first-order chi connectivity index (χ1) is 7.76. The Kier molecular flexibility index (Phi) is 3.75. The molecular weight excluding hydrogens is 222 g/mol. The van der Waals surface area contributed by atoms with Gasteiger partial charge in [-0.1, -0.05) is 0 Å². The average Bonchev–Trinajstić information content (AvgIpc) is 2.21. The van der Waals surface area contributed by atoms with Crippen LogP contribution >= 0.6 is 0 Å². The van der Waals surface area contributed by atoms with Crippen LogP contribution in [-0.4, -0.2) is 59.7 Å². The normalized spacial score (nSPS) is 18.6. The summed E-state index contributed by atoms with van der Waals surface area (Å²) in [5.74, 6) is -0.539. The van der Waals surface area contributed by atoms with Crippen molar-refractivity contribution in [1.82, 2.24) is 15.1 Å². The Morgan fingerprint density at radius 2 is 2.06 bits per heavy atom. The van der Waals surface area contributed by atoms with E-state index in [1.54, 1.807) is 20.9 Å². The number of hydrogen-bond donors (Lipinski definition) is 1. The van der Waals surface area contributed by atoms with Crippen LogP contribution in [0, 0.1) is 0 Å². The molecule has 17 heavy (non-hydrogen) atoms. The van der Waals surface area contributed by atoms with Crippen LogP contribution in [0.15, 0.2) is 0 Å². The molecule has 0 aliphatic carbocycles. The van der Waals surface area contributed by atoms with Crippen molar-refractivity contribution in [1.29, 1.82) is 0 Å². The topological polar surface area (TPSA) is 69.7 Å². The quantitative estimate of drug-likeness (QED) is 0.688. The molecule has 0 bridgehead atoms. The SMILES string of the molecule is CC(=O)N(C)CC(=O)N1CCNC(=O)C1(C)C. The summed E-state index contributed by atoms with van der Waals surface area (Å²) < 4.78 is 0. The van der Waals surface area contributed by atoms with Crippen molar-refractivity contribution in [3.8, 4) is 0 Å². The molecule has 1 rings (SSSR count). The highest BCUT2D eigenvalue weighted by Crippen LogP contribution is 2.17. The summed E-state index contributed by atoms with van der Waals surface area (Å²) in [6, 6.07) is 0. The van der Waals surface area contributed by atoms with Gasteiger partial charge < -0.3 is 15.1 Å². The summed E-state index contributed by atoms with van der Waals surface area (Å²) in [4.78, 5) is 37.6. The molecule has 0 atom stereocenters. The summed E-state index contributed by atoms with van der Waals surface area (Å²) in [6.07, 6.45) is 0. The lowest BCUT2D eigenvalue weighted by Crippen LogP contribution is -2.64. The number of nitrogens with zero attached hydrogens (tertiary/aromatic N) is 2. The van der Waals surface area contributed by atoms with E-state index in [1.807, 2.05) is 0 Å². The molecule has 96 valence electrons. The average molecular weight is 241 g/mol. The lowest BCUT2D eigenvalue weighted by molar-refractivity contribution is -0.151. The van der Waals surface area contributed by atoms with Gasteiger partial charge in [-0.3, -0.25) is 14.4 Å². The number of carbonyl (C=O) groups excluding carboxylic acids is 3. The Balaban J connectivity index is 2.74. The summed E-state index contributed by atoms with van der Waals surface area (Å²) in [7, 11) is 1.57. The van der Waals surface area contributed by atoms with Crippen LogP contribution in [0.2, 0.25) is 0 Å². The van der Waals surface area contributed by atoms with E-state index in [9.17, 15) is 14.4 Å². The molecule has 1 N–H and O–H groups in total. The van der Waals surface area contributed by atoms with Crippen LogP contribution in [0.3, 0.4) is 0 Å². The van der Waals surface area contributed by atoms with Gasteiger partial charge in [0.05, 0.1) is 6.54 Å². The van der Waals surface area contributed by atoms with E-state index in [0.717, 1.165) is 0 Å². The molecule has 1 aliphatic rings. The predicted octanol–water partition coefficient (Wildman–Crippen LogP) is -0.798. The fraction of sp³-hybridized carbons (Fsp3) is 0.727. The maximum absolute atomic E-state index is 12.0. The van der Waals surface area contributed by atoms with Crippen LogP contribution in [0.4, 0.5) is 0 Å². The second kappa shape index (κ2) is 4.73. The van der Waals surface area contributed by atoms with Gasteiger partial charge in [0.15, 0.2) is 0 Å². The second-order valence-corrected chi connectivity index (χ2v) is 4.74. The van der Waals surface area contributed by atoms with Gasteiger partial charge in [-0.05, 0) is 13.8 Å². The van der Waals surface area contributed by atoms with Crippen LogP contribution in [-0.2, 0) is 14.4 Å². The molecule has 6 heteroatoms. The molecule has 1 heterocycles. The molecule has 1 aliphatic heterocycles. The minimum absolute atomic E-state index is 0.00600. The van der Waals surface area contributed by atoms with Crippen molar-refractivity contribution < 1.29 is 14.4 Å². The second-order valence-electron chi connectivity index (χ2n) is 4.74. The Morgan fingerprint density at radius 3 is 2.59 bits per heavy atom. The Bertz CT molecular complexity index is 352. The summed E-state index contributed by atoms with van der Waals surface area (Å²) >= 11 is 0. The highest BCUT2D eigenvalue weighted by molar-refractivity contribution is 5.93. The van der Waals surface area contributed by atoms with E-state index in [4.69, 9.17) is 0 Å². The number of piperazine rings is 1. The first kappa shape index (κ1) is 13.5. The number of hydrogen-bond acceptors (Lipinski definition) is 3. The van der Waals surface area contributed by atoms with E-state index in [-0.39, 0.29) is 24.3 Å². The van der Waals surface area contributed by atoms with Crippen LogP contribution in [0.5, 0.6) is 0 Å². The van der Waals surface area contributed by atoms with Gasteiger partial charge >= 0.3 is 0 Å². The summed E-state index contributed by atoms with van der Waals surface area (Å²) in [6.45, 7) is 5.74. The van der Waals surface area contributed by atoms with Crippen molar-refractivity contribution in [2.75, 3.05) is 26.7 Å². The molecule has 0 aromatic heterocycles. The molecule has 1 saturated heterocycles. The van der Waals surface area contributed by atoms with Gasteiger partial charge in [-0.15, -0.1) is 0 Å². The molecule has 6 nitrogen and oxygen atoms in total. The first-order valence-corrected chi connectivity index (χ1v) is 5.57. The van der Waals surface area contributed by atoms with E-state index >= 15 is 0 Å². The van der Waals surface area contributed by atoms with Gasteiger partial charge in [-0.2, -0.15) is 0 Å². The van der Waals surface area contributed by atoms with Gasteiger partial charge in [0, 0.05) is 27.1 Å². The smallest absolute Gasteiger partial charge is 0.245 e. The molecule has 1 fully saturated rings. The zero-order valence-corrected chi connectivity index (χ0v) is 10.7. The Morgan fingerprint density at radius 1 is 1.47 bits per heavy atom. The molecule has 0 aromatic carbocycles. The van der Waals surface area contributed by atoms with Crippen molar-refractivity contribution in [3.05, 3.63) is 0 Å². The van der Waals surface area contributed by atoms with E-state index in [2.05, 4.69) is 5.32 Å². The van der Waals surface area contributed by atoms with E-state index in [0.29, 0.717) is 13.1 Å². The molecular formula is C11H19N3O3. The fourth-order valence-electron chi connectivity index (χ4n) is 1.74.